The molecule has 0 spiro atoms. The molecule has 216 valence electrons. The van der Waals surface area contributed by atoms with Gasteiger partial charge in [-0.1, -0.05) is 83.1 Å². The highest BCUT2D eigenvalue weighted by molar-refractivity contribution is 8.00. The smallest absolute Gasteiger partial charge is 0.257 e. The van der Waals surface area contributed by atoms with Crippen LogP contribution in [0.15, 0.2) is 104 Å². The lowest BCUT2D eigenvalue weighted by Gasteiger charge is -2.11. The Labute approximate surface area is 264 Å². The summed E-state index contributed by atoms with van der Waals surface area (Å²) in [7, 11) is 0. The lowest BCUT2D eigenvalue weighted by Crippen LogP contribution is -2.14. The topological polar surface area (TPSA) is 110 Å². The number of carbonyl (C=O) groups is 2. The van der Waals surface area contributed by atoms with Gasteiger partial charge in [-0.25, -0.2) is 9.97 Å². The molecule has 12 heteroatoms. The van der Waals surface area contributed by atoms with Crippen LogP contribution in [0.2, 0.25) is 10.0 Å². The van der Waals surface area contributed by atoms with E-state index in [4.69, 9.17) is 32.0 Å². The Bertz CT molecular complexity index is 1750. The summed E-state index contributed by atoms with van der Waals surface area (Å²) in [6.07, 6.45) is 0.559. The van der Waals surface area contributed by atoms with Crippen LogP contribution in [0.1, 0.15) is 11.1 Å². The van der Waals surface area contributed by atoms with Gasteiger partial charge in [-0.15, -0.1) is 0 Å². The molecule has 0 aliphatic carbocycles. The molecule has 0 fully saturated rings. The average Bonchev–Trinajstić information content (AvgIpc) is 3.61. The van der Waals surface area contributed by atoms with Gasteiger partial charge in [0, 0.05) is 0 Å². The predicted octanol–water partition coefficient (Wildman–Crippen LogP) is 8.33. The quantitative estimate of drug-likeness (QED) is 0.143. The molecule has 0 unspecified atom stereocenters. The molecule has 0 aliphatic heterocycles. The minimum absolute atomic E-state index is 0.127. The molecule has 0 bridgehead atoms. The molecular weight excluding hydrogens is 627 g/mol. The van der Waals surface area contributed by atoms with Crippen LogP contribution < -0.4 is 10.6 Å². The zero-order chi connectivity index (χ0) is 29.8. The van der Waals surface area contributed by atoms with Gasteiger partial charge in [0.15, 0.2) is 11.2 Å². The van der Waals surface area contributed by atoms with E-state index >= 15 is 0 Å². The molecule has 2 N–H and O–H groups in total. The number of anilines is 2. The summed E-state index contributed by atoms with van der Waals surface area (Å²) in [5.74, 6) is -0.194. The third kappa shape index (κ3) is 7.34. The van der Waals surface area contributed by atoms with E-state index in [9.17, 15) is 9.59 Å². The first kappa shape index (κ1) is 29.1. The third-order valence-corrected chi connectivity index (χ3v) is 8.51. The molecule has 0 saturated carbocycles. The number of nitrogens with zero attached hydrogens (tertiary/aromatic N) is 2. The van der Waals surface area contributed by atoms with Crippen molar-refractivity contribution in [3.63, 3.8) is 0 Å². The van der Waals surface area contributed by atoms with Crippen molar-refractivity contribution < 1.29 is 18.4 Å². The zero-order valence-corrected chi connectivity index (χ0v) is 25.4. The standard InChI is InChI=1S/C31H22Cl2N4O4S2/c32-20-14-18(9-11-22(20)34-28(38)16-42-30-36-24-5-1-3-7-26(24)40-30)13-19-10-12-23(21(33)15-19)35-29(39)17-43-31-37-25-6-2-4-8-27(25)41-31/h1-12,14-15H,13,16-17H2,(H,34,38)(H,35,39). The fourth-order valence-electron chi connectivity index (χ4n) is 4.23. The van der Waals surface area contributed by atoms with Gasteiger partial charge in [-0.05, 0) is 66.1 Å². The van der Waals surface area contributed by atoms with Crippen molar-refractivity contribution in [3.05, 3.63) is 106 Å². The molecule has 0 atom stereocenters. The highest BCUT2D eigenvalue weighted by atomic mass is 35.5. The minimum Gasteiger partial charge on any atom is -0.431 e. The van der Waals surface area contributed by atoms with E-state index in [1.807, 2.05) is 60.7 Å². The maximum Gasteiger partial charge on any atom is 0.257 e. The lowest BCUT2D eigenvalue weighted by atomic mass is 10.0. The molecule has 0 saturated heterocycles. The molecule has 0 aliphatic rings. The number of benzene rings is 4. The monoisotopic (exact) mass is 648 g/mol. The van der Waals surface area contributed by atoms with Crippen molar-refractivity contribution in [2.45, 2.75) is 16.9 Å². The number of rotatable bonds is 10. The van der Waals surface area contributed by atoms with E-state index in [2.05, 4.69) is 20.6 Å². The second kappa shape index (κ2) is 13.1. The van der Waals surface area contributed by atoms with E-state index in [1.54, 1.807) is 24.3 Å². The second-order valence-electron chi connectivity index (χ2n) is 9.37. The van der Waals surface area contributed by atoms with Gasteiger partial charge < -0.3 is 19.5 Å². The molecule has 4 aromatic carbocycles. The van der Waals surface area contributed by atoms with Crippen LogP contribution in [0.25, 0.3) is 22.2 Å². The molecule has 6 rings (SSSR count). The second-order valence-corrected chi connectivity index (χ2v) is 12.0. The summed E-state index contributed by atoms with van der Waals surface area (Å²) < 4.78 is 11.3. The zero-order valence-electron chi connectivity index (χ0n) is 22.3. The number of fused-ring (bicyclic) bond motifs is 2. The van der Waals surface area contributed by atoms with Crippen molar-refractivity contribution in [1.82, 2.24) is 9.97 Å². The van der Waals surface area contributed by atoms with E-state index in [-0.39, 0.29) is 23.3 Å². The number of oxazole rings is 2. The van der Waals surface area contributed by atoms with E-state index in [0.717, 1.165) is 22.2 Å². The number of amides is 2. The summed E-state index contributed by atoms with van der Waals surface area (Å²) in [5.41, 5.74) is 5.75. The number of thioether (sulfide) groups is 2. The first-order chi connectivity index (χ1) is 20.9. The first-order valence-electron chi connectivity index (χ1n) is 13.0. The van der Waals surface area contributed by atoms with Crippen LogP contribution in [-0.2, 0) is 16.0 Å². The molecule has 43 heavy (non-hydrogen) atoms. The maximum atomic E-state index is 12.5. The predicted molar refractivity (Wildman–Crippen MR) is 172 cm³/mol. The first-order valence-corrected chi connectivity index (χ1v) is 15.8. The molecule has 6 aromatic rings. The van der Waals surface area contributed by atoms with Crippen LogP contribution >= 0.6 is 46.7 Å². The van der Waals surface area contributed by atoms with Gasteiger partial charge in [0.05, 0.1) is 32.9 Å². The normalized spacial score (nSPS) is 11.2. The van der Waals surface area contributed by atoms with Crippen molar-refractivity contribution >= 4 is 92.1 Å². The Morgan fingerprint density at radius 3 is 1.51 bits per heavy atom. The van der Waals surface area contributed by atoms with Gasteiger partial charge in [0.25, 0.3) is 10.4 Å². The van der Waals surface area contributed by atoms with Crippen molar-refractivity contribution in [2.24, 2.45) is 0 Å². The molecule has 2 amide bonds. The van der Waals surface area contributed by atoms with Gasteiger partial charge >= 0.3 is 0 Å². The number of para-hydroxylation sites is 4. The van der Waals surface area contributed by atoms with E-state index < -0.39 is 0 Å². The lowest BCUT2D eigenvalue weighted by molar-refractivity contribution is -0.114. The van der Waals surface area contributed by atoms with Gasteiger partial charge in [-0.3, -0.25) is 9.59 Å². The average molecular weight is 650 g/mol. The molecule has 8 nitrogen and oxygen atoms in total. The Kier molecular flexibility index (Phi) is 8.90. The highest BCUT2D eigenvalue weighted by Crippen LogP contribution is 2.29. The Balaban J connectivity index is 1.000. The molecule has 0 radical (unpaired) electrons. The van der Waals surface area contributed by atoms with E-state index in [0.29, 0.717) is 49.5 Å². The van der Waals surface area contributed by atoms with Crippen LogP contribution in [0.3, 0.4) is 0 Å². The minimum atomic E-state index is -0.224. The number of carbonyl (C=O) groups excluding carboxylic acids is 2. The summed E-state index contributed by atoms with van der Waals surface area (Å²) in [4.78, 5) is 33.8. The van der Waals surface area contributed by atoms with Gasteiger partial charge in [0.1, 0.15) is 11.0 Å². The fourth-order valence-corrected chi connectivity index (χ4v) is 6.01. The number of hydrogen-bond acceptors (Lipinski definition) is 8. The number of hydrogen-bond donors (Lipinski definition) is 2. The summed E-state index contributed by atoms with van der Waals surface area (Å²) in [6, 6.07) is 25.8. The van der Waals surface area contributed by atoms with Crippen LogP contribution in [-0.4, -0.2) is 33.3 Å². The summed E-state index contributed by atoms with van der Waals surface area (Å²) in [6.45, 7) is 0. The third-order valence-electron chi connectivity index (χ3n) is 6.23. The Morgan fingerprint density at radius 1 is 0.651 bits per heavy atom. The van der Waals surface area contributed by atoms with Crippen molar-refractivity contribution in [2.75, 3.05) is 22.1 Å². The largest absolute Gasteiger partial charge is 0.431 e. The number of halogens is 2. The van der Waals surface area contributed by atoms with Gasteiger partial charge in [-0.2, -0.15) is 0 Å². The highest BCUT2D eigenvalue weighted by Gasteiger charge is 2.13. The van der Waals surface area contributed by atoms with Crippen molar-refractivity contribution in [3.8, 4) is 0 Å². The fraction of sp³-hybridized carbons (Fsp3) is 0.0968. The van der Waals surface area contributed by atoms with E-state index in [1.165, 1.54) is 23.5 Å². The number of nitrogens with one attached hydrogen (secondary N) is 2. The molecular formula is C31H22Cl2N4O4S2. The molecule has 2 heterocycles. The SMILES string of the molecule is O=C(CSc1nc2ccccc2o1)Nc1ccc(Cc2ccc(NC(=O)CSc3nc4ccccc4o3)c(Cl)c2)cc1Cl. The Hall–Kier alpha value is -3.96. The summed E-state index contributed by atoms with van der Waals surface area (Å²) >= 11 is 15.4. The van der Waals surface area contributed by atoms with Crippen LogP contribution in [0.4, 0.5) is 11.4 Å². The van der Waals surface area contributed by atoms with Crippen LogP contribution in [0.5, 0.6) is 0 Å². The molecule has 2 aromatic heterocycles. The van der Waals surface area contributed by atoms with Gasteiger partial charge in [0.2, 0.25) is 11.8 Å². The Morgan fingerprint density at radius 2 is 1.09 bits per heavy atom. The van der Waals surface area contributed by atoms with Crippen molar-refractivity contribution in [1.29, 1.82) is 0 Å². The summed E-state index contributed by atoms with van der Waals surface area (Å²) in [5, 5.41) is 7.37. The maximum absolute atomic E-state index is 12.5. The van der Waals surface area contributed by atoms with Crippen LogP contribution in [0, 0.1) is 0 Å². The number of aromatic nitrogens is 2.